The Kier molecular flexibility index (Phi) is 5.19. The summed E-state index contributed by atoms with van der Waals surface area (Å²) < 4.78 is 33.6. The monoisotopic (exact) mass is 353 g/mol. The molecule has 132 valence electrons. The minimum absolute atomic E-state index is 0.254. The van der Waals surface area contributed by atoms with Gasteiger partial charge in [-0.3, -0.25) is 4.79 Å². The molecular weight excluding hydrogens is 330 g/mol. The lowest BCUT2D eigenvalue weighted by Gasteiger charge is -2.30. The van der Waals surface area contributed by atoms with Gasteiger partial charge < -0.3 is 10.5 Å². The van der Waals surface area contributed by atoms with Gasteiger partial charge in [0.2, 0.25) is 5.91 Å². The predicted molar refractivity (Wildman–Crippen MR) is 89.7 cm³/mol. The largest absolute Gasteiger partial charge is 0.379 e. The molecule has 2 N–H and O–H groups in total. The van der Waals surface area contributed by atoms with Gasteiger partial charge in [0.05, 0.1) is 13.2 Å². The Labute approximate surface area is 142 Å². The number of hydrogen-bond donors (Lipinski definition) is 1. The summed E-state index contributed by atoms with van der Waals surface area (Å²) in [5.41, 5.74) is 6.82. The van der Waals surface area contributed by atoms with E-state index in [9.17, 15) is 13.2 Å². The molecule has 8 heteroatoms. The minimum Gasteiger partial charge on any atom is -0.379 e. The molecule has 2 heterocycles. The molecule has 2 aliphatic rings. The van der Waals surface area contributed by atoms with Crippen LogP contribution in [0.25, 0.3) is 0 Å². The van der Waals surface area contributed by atoms with E-state index in [1.165, 1.54) is 4.31 Å². The molecular formula is C16H23N3O4S. The molecule has 1 aromatic rings. The highest BCUT2D eigenvalue weighted by Gasteiger charge is 2.36. The Bertz CT molecular complexity index is 701. The SMILES string of the molecule is NC(=O)c1cccc(C[C@@H]2CCN(S(=O)(=O)N3CCOCC3)C2)c1. The van der Waals surface area contributed by atoms with Crippen molar-refractivity contribution < 1.29 is 17.9 Å². The van der Waals surface area contributed by atoms with Gasteiger partial charge in [-0.05, 0) is 36.5 Å². The topological polar surface area (TPSA) is 92.9 Å². The Morgan fingerprint density at radius 2 is 1.96 bits per heavy atom. The van der Waals surface area contributed by atoms with E-state index in [2.05, 4.69) is 0 Å². The Morgan fingerprint density at radius 1 is 1.21 bits per heavy atom. The zero-order valence-electron chi connectivity index (χ0n) is 13.6. The van der Waals surface area contributed by atoms with Crippen molar-refractivity contribution in [3.8, 4) is 0 Å². The van der Waals surface area contributed by atoms with Crippen molar-refractivity contribution >= 4 is 16.1 Å². The Hall–Kier alpha value is -1.48. The number of benzene rings is 1. The second-order valence-electron chi connectivity index (χ2n) is 6.30. The average molecular weight is 353 g/mol. The number of carbonyl (C=O) groups excluding carboxylic acids is 1. The molecule has 2 saturated heterocycles. The highest BCUT2D eigenvalue weighted by atomic mass is 32.2. The number of nitrogens with zero attached hydrogens (tertiary/aromatic N) is 2. The molecule has 0 bridgehead atoms. The highest BCUT2D eigenvalue weighted by molar-refractivity contribution is 7.86. The predicted octanol–water partition coefficient (Wildman–Crippen LogP) is 0.227. The van der Waals surface area contributed by atoms with E-state index in [1.807, 2.05) is 12.1 Å². The summed E-state index contributed by atoms with van der Waals surface area (Å²) in [5.74, 6) is -0.191. The number of morpholine rings is 1. The maximum Gasteiger partial charge on any atom is 0.282 e. The lowest BCUT2D eigenvalue weighted by molar-refractivity contribution is 0.0705. The van der Waals surface area contributed by atoms with Crippen molar-refractivity contribution in [3.05, 3.63) is 35.4 Å². The molecule has 7 nitrogen and oxygen atoms in total. The fraction of sp³-hybridized carbons (Fsp3) is 0.562. The summed E-state index contributed by atoms with van der Waals surface area (Å²) in [7, 11) is -3.40. The van der Waals surface area contributed by atoms with Crippen molar-refractivity contribution in [2.24, 2.45) is 11.7 Å². The van der Waals surface area contributed by atoms with Crippen molar-refractivity contribution in [3.63, 3.8) is 0 Å². The number of rotatable bonds is 5. The summed E-state index contributed by atoms with van der Waals surface area (Å²) in [4.78, 5) is 11.3. The van der Waals surface area contributed by atoms with Gasteiger partial charge in [0.15, 0.2) is 0 Å². The van der Waals surface area contributed by atoms with E-state index < -0.39 is 16.1 Å². The molecule has 24 heavy (non-hydrogen) atoms. The molecule has 0 unspecified atom stereocenters. The lowest BCUT2D eigenvalue weighted by Crippen LogP contribution is -2.47. The van der Waals surface area contributed by atoms with Gasteiger partial charge in [0.25, 0.3) is 10.2 Å². The van der Waals surface area contributed by atoms with Crippen LogP contribution in [0, 0.1) is 5.92 Å². The zero-order valence-corrected chi connectivity index (χ0v) is 14.4. The van der Waals surface area contributed by atoms with Gasteiger partial charge >= 0.3 is 0 Å². The number of carbonyl (C=O) groups is 1. The molecule has 2 fully saturated rings. The maximum absolute atomic E-state index is 12.7. The van der Waals surface area contributed by atoms with Gasteiger partial charge in [0.1, 0.15) is 0 Å². The quantitative estimate of drug-likeness (QED) is 0.820. The number of nitrogens with two attached hydrogens (primary N) is 1. The van der Waals surface area contributed by atoms with Crippen LogP contribution in [0.5, 0.6) is 0 Å². The smallest absolute Gasteiger partial charge is 0.282 e. The van der Waals surface area contributed by atoms with Crippen LogP contribution in [-0.4, -0.2) is 62.3 Å². The first kappa shape index (κ1) is 17.3. The molecule has 0 aromatic heterocycles. The van der Waals surface area contributed by atoms with Crippen LogP contribution >= 0.6 is 0 Å². The van der Waals surface area contributed by atoms with Crippen LogP contribution in [0.2, 0.25) is 0 Å². The second kappa shape index (κ2) is 7.18. The maximum atomic E-state index is 12.7. The van der Waals surface area contributed by atoms with Crippen molar-refractivity contribution in [1.29, 1.82) is 0 Å². The third-order valence-corrected chi connectivity index (χ3v) is 6.61. The summed E-state index contributed by atoms with van der Waals surface area (Å²) in [6, 6.07) is 7.25. The number of hydrogen-bond acceptors (Lipinski definition) is 4. The molecule has 2 aliphatic heterocycles. The van der Waals surface area contributed by atoms with E-state index >= 15 is 0 Å². The second-order valence-corrected chi connectivity index (χ2v) is 8.23. The van der Waals surface area contributed by atoms with E-state index in [-0.39, 0.29) is 5.92 Å². The third-order valence-electron chi connectivity index (χ3n) is 4.61. The molecule has 3 rings (SSSR count). The zero-order chi connectivity index (χ0) is 17.2. The van der Waals surface area contributed by atoms with Gasteiger partial charge in [0, 0.05) is 31.7 Å². The Balaban J connectivity index is 1.63. The van der Waals surface area contributed by atoms with Crippen molar-refractivity contribution in [1.82, 2.24) is 8.61 Å². The fourth-order valence-corrected chi connectivity index (χ4v) is 4.97. The van der Waals surface area contributed by atoms with Crippen LogP contribution in [0.1, 0.15) is 22.3 Å². The molecule has 0 spiro atoms. The highest BCUT2D eigenvalue weighted by Crippen LogP contribution is 2.25. The average Bonchev–Trinajstić information content (AvgIpc) is 3.05. The number of ether oxygens (including phenoxy) is 1. The van der Waals surface area contributed by atoms with Crippen molar-refractivity contribution in [2.45, 2.75) is 12.8 Å². The van der Waals surface area contributed by atoms with E-state index in [0.29, 0.717) is 45.0 Å². The Morgan fingerprint density at radius 3 is 2.67 bits per heavy atom. The van der Waals surface area contributed by atoms with Gasteiger partial charge in [-0.2, -0.15) is 17.0 Å². The molecule has 1 amide bonds. The fourth-order valence-electron chi connectivity index (χ4n) is 3.30. The van der Waals surface area contributed by atoms with Crippen molar-refractivity contribution in [2.75, 3.05) is 39.4 Å². The number of amides is 1. The van der Waals surface area contributed by atoms with Gasteiger partial charge in [-0.1, -0.05) is 12.1 Å². The van der Waals surface area contributed by atoms with E-state index in [4.69, 9.17) is 10.5 Å². The van der Waals surface area contributed by atoms with Crippen LogP contribution in [0.15, 0.2) is 24.3 Å². The van der Waals surface area contributed by atoms with Crippen LogP contribution in [-0.2, 0) is 21.4 Å². The van der Waals surface area contributed by atoms with E-state index in [0.717, 1.165) is 18.4 Å². The summed E-state index contributed by atoms with van der Waals surface area (Å²) in [6.45, 7) is 2.81. The summed E-state index contributed by atoms with van der Waals surface area (Å²) >= 11 is 0. The first-order valence-electron chi connectivity index (χ1n) is 8.18. The van der Waals surface area contributed by atoms with Crippen LogP contribution in [0.3, 0.4) is 0 Å². The molecule has 1 aromatic carbocycles. The standard InChI is InChI=1S/C16H23N3O4S/c17-16(20)15-3-1-2-13(11-15)10-14-4-5-19(12-14)24(21,22)18-6-8-23-9-7-18/h1-3,11,14H,4-10,12H2,(H2,17,20)/t14-/m0/s1. The van der Waals surface area contributed by atoms with Crippen LogP contribution in [0.4, 0.5) is 0 Å². The summed E-state index contributed by atoms with van der Waals surface area (Å²) in [6.07, 6.45) is 1.57. The first-order valence-corrected chi connectivity index (χ1v) is 9.58. The van der Waals surface area contributed by atoms with Gasteiger partial charge in [-0.25, -0.2) is 0 Å². The number of primary amides is 1. The van der Waals surface area contributed by atoms with Crippen LogP contribution < -0.4 is 5.73 Å². The molecule has 0 aliphatic carbocycles. The molecule has 0 radical (unpaired) electrons. The molecule has 1 atom stereocenters. The minimum atomic E-state index is -3.40. The lowest BCUT2D eigenvalue weighted by atomic mass is 9.97. The first-order chi connectivity index (χ1) is 11.5. The van der Waals surface area contributed by atoms with Gasteiger partial charge in [-0.15, -0.1) is 0 Å². The normalized spacial score (nSPS) is 23.4. The summed E-state index contributed by atoms with van der Waals surface area (Å²) in [5, 5.41) is 0. The molecule has 0 saturated carbocycles. The third kappa shape index (κ3) is 3.77. The van der Waals surface area contributed by atoms with E-state index in [1.54, 1.807) is 16.4 Å².